The average Bonchev–Trinajstić information content (AvgIpc) is 2.96. The van der Waals surface area contributed by atoms with Crippen LogP contribution < -0.4 is 11.1 Å². The molecule has 1 aromatic heterocycles. The number of nitrogens with two attached hydrogens (primary N) is 1. The summed E-state index contributed by atoms with van der Waals surface area (Å²) >= 11 is 5.33. The molecule has 0 amide bonds. The fourth-order valence-electron chi connectivity index (χ4n) is 2.21. The number of nitrogens with one attached hydrogen (secondary N) is 1. The van der Waals surface area contributed by atoms with E-state index in [2.05, 4.69) is 38.8 Å². The Morgan fingerprint density at radius 1 is 1.53 bits per heavy atom. The van der Waals surface area contributed by atoms with Gasteiger partial charge >= 0.3 is 0 Å². The topological polar surface area (TPSA) is 38.0 Å². The molecule has 2 nitrogen and oxygen atoms in total. The van der Waals surface area contributed by atoms with E-state index in [4.69, 9.17) is 5.73 Å². The van der Waals surface area contributed by atoms with Crippen LogP contribution in [0.15, 0.2) is 27.6 Å². The van der Waals surface area contributed by atoms with Gasteiger partial charge in [0.05, 0.1) is 6.04 Å². The fourth-order valence-corrected chi connectivity index (χ4v) is 3.95. The van der Waals surface area contributed by atoms with Gasteiger partial charge in [-0.15, -0.1) is 11.3 Å². The van der Waals surface area contributed by atoms with Crippen molar-refractivity contribution in [1.29, 1.82) is 0 Å². The van der Waals surface area contributed by atoms with Crippen molar-refractivity contribution < 1.29 is 0 Å². The van der Waals surface area contributed by atoms with Crippen LogP contribution in [0, 0.1) is 0 Å². The predicted octanol–water partition coefficient (Wildman–Crippen LogP) is 3.60. The van der Waals surface area contributed by atoms with E-state index in [1.54, 1.807) is 16.9 Å². The third-order valence-corrected chi connectivity index (χ3v) is 5.15. The molecule has 4 heteroatoms. The first-order valence-electron chi connectivity index (χ1n) is 6.15. The molecule has 0 saturated heterocycles. The van der Waals surface area contributed by atoms with Gasteiger partial charge in [-0.2, -0.15) is 0 Å². The standard InChI is InChI=1S/C13H19BrN2S/c14-11-6-8-17-13(11)12(9-15)16-7-5-10-3-1-2-4-10/h3,6,8,12,16H,1-2,4-5,7,9,15H2. The molecule has 0 aliphatic heterocycles. The molecule has 1 heterocycles. The molecule has 0 fully saturated rings. The fraction of sp³-hybridized carbons (Fsp3) is 0.538. The zero-order valence-electron chi connectivity index (χ0n) is 9.92. The van der Waals surface area contributed by atoms with E-state index in [-0.39, 0.29) is 6.04 Å². The third-order valence-electron chi connectivity index (χ3n) is 3.17. The van der Waals surface area contributed by atoms with Crippen molar-refractivity contribution >= 4 is 27.3 Å². The molecule has 0 radical (unpaired) electrons. The highest BCUT2D eigenvalue weighted by atomic mass is 79.9. The molecule has 94 valence electrons. The average molecular weight is 315 g/mol. The van der Waals surface area contributed by atoms with Crippen LogP contribution in [0.25, 0.3) is 0 Å². The van der Waals surface area contributed by atoms with Gasteiger partial charge in [0.15, 0.2) is 0 Å². The molecule has 1 atom stereocenters. The van der Waals surface area contributed by atoms with Gasteiger partial charge in [0, 0.05) is 15.9 Å². The van der Waals surface area contributed by atoms with Crippen LogP contribution in [0.2, 0.25) is 0 Å². The Morgan fingerprint density at radius 2 is 2.41 bits per heavy atom. The first-order valence-corrected chi connectivity index (χ1v) is 7.82. The summed E-state index contributed by atoms with van der Waals surface area (Å²) in [6.45, 7) is 1.68. The van der Waals surface area contributed by atoms with Crippen molar-refractivity contribution in [2.45, 2.75) is 31.7 Å². The lowest BCUT2D eigenvalue weighted by molar-refractivity contribution is 0.548. The maximum atomic E-state index is 5.84. The number of hydrogen-bond acceptors (Lipinski definition) is 3. The minimum atomic E-state index is 0.284. The molecule has 0 saturated carbocycles. The van der Waals surface area contributed by atoms with E-state index in [9.17, 15) is 0 Å². The van der Waals surface area contributed by atoms with Crippen molar-refractivity contribution in [3.8, 4) is 0 Å². The second-order valence-corrected chi connectivity index (χ2v) is 6.18. The van der Waals surface area contributed by atoms with Gasteiger partial charge in [-0.1, -0.05) is 11.6 Å². The van der Waals surface area contributed by atoms with Crippen molar-refractivity contribution in [2.24, 2.45) is 5.73 Å². The monoisotopic (exact) mass is 314 g/mol. The maximum absolute atomic E-state index is 5.84. The summed E-state index contributed by atoms with van der Waals surface area (Å²) in [6.07, 6.45) is 7.45. The molecule has 0 bridgehead atoms. The number of thiophene rings is 1. The number of allylic oxidation sites excluding steroid dienone is 1. The lowest BCUT2D eigenvalue weighted by Crippen LogP contribution is -2.28. The maximum Gasteiger partial charge on any atom is 0.0550 e. The minimum Gasteiger partial charge on any atom is -0.329 e. The highest BCUT2D eigenvalue weighted by Crippen LogP contribution is 2.28. The van der Waals surface area contributed by atoms with Crippen LogP contribution >= 0.6 is 27.3 Å². The number of rotatable bonds is 6. The molecular weight excluding hydrogens is 296 g/mol. The molecule has 1 aromatic rings. The Balaban J connectivity index is 1.82. The number of hydrogen-bond donors (Lipinski definition) is 2. The molecular formula is C13H19BrN2S. The first-order chi connectivity index (χ1) is 8.31. The summed E-state index contributed by atoms with van der Waals surface area (Å²) in [5, 5.41) is 5.65. The van der Waals surface area contributed by atoms with Crippen LogP contribution in [0.1, 0.15) is 36.6 Å². The van der Waals surface area contributed by atoms with E-state index in [1.807, 2.05) is 0 Å². The normalized spacial score (nSPS) is 17.2. The SMILES string of the molecule is NCC(NCCC1=CCCC1)c1sccc1Br. The van der Waals surface area contributed by atoms with Crippen molar-refractivity contribution in [3.05, 3.63) is 32.4 Å². The Bertz CT molecular complexity index is 387. The van der Waals surface area contributed by atoms with Gasteiger partial charge in [0.25, 0.3) is 0 Å². The van der Waals surface area contributed by atoms with Crippen molar-refractivity contribution in [3.63, 3.8) is 0 Å². The van der Waals surface area contributed by atoms with Gasteiger partial charge in [-0.3, -0.25) is 0 Å². The zero-order valence-corrected chi connectivity index (χ0v) is 12.3. The Labute approximate surface area is 115 Å². The van der Waals surface area contributed by atoms with Crippen LogP contribution in [0.5, 0.6) is 0 Å². The predicted molar refractivity (Wildman–Crippen MR) is 78.4 cm³/mol. The first kappa shape index (κ1) is 13.3. The van der Waals surface area contributed by atoms with Crippen LogP contribution in [-0.2, 0) is 0 Å². The van der Waals surface area contributed by atoms with Gasteiger partial charge in [-0.25, -0.2) is 0 Å². The van der Waals surface area contributed by atoms with Gasteiger partial charge in [-0.05, 0) is 59.6 Å². The molecule has 2 rings (SSSR count). The lowest BCUT2D eigenvalue weighted by atomic mass is 10.1. The molecule has 1 aliphatic carbocycles. The van der Waals surface area contributed by atoms with Gasteiger partial charge in [0.1, 0.15) is 0 Å². The Hall–Kier alpha value is -0.160. The van der Waals surface area contributed by atoms with Crippen LogP contribution in [-0.4, -0.2) is 13.1 Å². The van der Waals surface area contributed by atoms with E-state index in [0.29, 0.717) is 6.54 Å². The summed E-state index contributed by atoms with van der Waals surface area (Å²) < 4.78 is 1.17. The van der Waals surface area contributed by atoms with E-state index in [1.165, 1.54) is 35.0 Å². The molecule has 1 aliphatic rings. The highest BCUT2D eigenvalue weighted by Gasteiger charge is 2.14. The Kier molecular flexibility index (Phi) is 5.22. The summed E-state index contributed by atoms with van der Waals surface area (Å²) in [4.78, 5) is 1.31. The van der Waals surface area contributed by atoms with Crippen molar-refractivity contribution in [2.75, 3.05) is 13.1 Å². The summed E-state index contributed by atoms with van der Waals surface area (Å²) in [7, 11) is 0. The number of halogens is 1. The molecule has 0 aromatic carbocycles. The molecule has 1 unspecified atom stereocenters. The second kappa shape index (κ2) is 6.69. The second-order valence-electron chi connectivity index (χ2n) is 4.38. The summed E-state index contributed by atoms with van der Waals surface area (Å²) in [5.41, 5.74) is 7.45. The minimum absolute atomic E-state index is 0.284. The molecule has 0 spiro atoms. The van der Waals surface area contributed by atoms with E-state index >= 15 is 0 Å². The highest BCUT2D eigenvalue weighted by molar-refractivity contribution is 9.10. The van der Waals surface area contributed by atoms with Gasteiger partial charge < -0.3 is 11.1 Å². The lowest BCUT2D eigenvalue weighted by Gasteiger charge is -2.16. The largest absolute Gasteiger partial charge is 0.329 e. The van der Waals surface area contributed by atoms with Gasteiger partial charge in [0.2, 0.25) is 0 Å². The molecule has 17 heavy (non-hydrogen) atoms. The smallest absolute Gasteiger partial charge is 0.0550 e. The quantitative estimate of drug-likeness (QED) is 0.787. The van der Waals surface area contributed by atoms with E-state index in [0.717, 1.165) is 6.54 Å². The van der Waals surface area contributed by atoms with Crippen LogP contribution in [0.3, 0.4) is 0 Å². The van der Waals surface area contributed by atoms with E-state index < -0.39 is 0 Å². The van der Waals surface area contributed by atoms with Crippen molar-refractivity contribution in [1.82, 2.24) is 5.32 Å². The summed E-state index contributed by atoms with van der Waals surface area (Å²) in [6, 6.07) is 2.37. The third kappa shape index (κ3) is 3.65. The Morgan fingerprint density at radius 3 is 3.00 bits per heavy atom. The van der Waals surface area contributed by atoms with Crippen LogP contribution in [0.4, 0.5) is 0 Å². The summed E-state index contributed by atoms with van der Waals surface area (Å²) in [5.74, 6) is 0. The zero-order chi connectivity index (χ0) is 12.1. The molecule has 3 N–H and O–H groups in total.